The molecule has 0 amide bonds. The maximum atomic E-state index is 10.9. The number of aromatic hydroxyl groups is 1. The zero-order chi connectivity index (χ0) is 10.9. The van der Waals surface area contributed by atoms with Gasteiger partial charge in [0.05, 0.1) is 4.47 Å². The van der Waals surface area contributed by atoms with E-state index in [4.69, 9.17) is 10.8 Å². The minimum Gasteiger partial charge on any atom is -0.507 e. The molecule has 4 nitrogen and oxygen atoms in total. The van der Waals surface area contributed by atoms with Crippen LogP contribution in [0.4, 0.5) is 0 Å². The van der Waals surface area contributed by atoms with Crippen LogP contribution in [0.25, 0.3) is 0 Å². The Hall–Kier alpha value is -1.07. The highest BCUT2D eigenvalue weighted by Gasteiger charge is 2.32. The van der Waals surface area contributed by atoms with E-state index in [1.54, 1.807) is 12.1 Å². The molecule has 0 saturated heterocycles. The Labute approximate surface area is 89.5 Å². The molecular formula is C9H10BrNO3. The van der Waals surface area contributed by atoms with Gasteiger partial charge in [-0.05, 0) is 28.9 Å². The van der Waals surface area contributed by atoms with Gasteiger partial charge in [-0.2, -0.15) is 0 Å². The summed E-state index contributed by atoms with van der Waals surface area (Å²) in [5, 5.41) is 18.2. The normalized spacial score (nSPS) is 14.8. The lowest BCUT2D eigenvalue weighted by atomic mass is 9.93. The number of phenolic OH excluding ortho intramolecular Hbond substituents is 1. The summed E-state index contributed by atoms with van der Waals surface area (Å²) in [6.07, 6.45) is 0. The van der Waals surface area contributed by atoms with Crippen LogP contribution in [-0.4, -0.2) is 16.2 Å². The standard InChI is InChI=1S/C9H10BrNO3/c1-9(11,8(13)14)5-3-2-4-6(12)7(5)10/h2-4,12H,11H2,1H3,(H,13,14). The van der Waals surface area contributed by atoms with Crippen LogP contribution >= 0.6 is 15.9 Å². The largest absolute Gasteiger partial charge is 0.507 e. The number of carbonyl (C=O) groups is 1. The van der Waals surface area contributed by atoms with E-state index in [1.165, 1.54) is 13.0 Å². The fraction of sp³-hybridized carbons (Fsp3) is 0.222. The molecule has 0 radical (unpaired) electrons. The maximum absolute atomic E-state index is 10.9. The van der Waals surface area contributed by atoms with Gasteiger partial charge in [0.15, 0.2) is 0 Å². The minimum absolute atomic E-state index is 0.0274. The Kier molecular flexibility index (Phi) is 2.82. The average Bonchev–Trinajstić information content (AvgIpc) is 2.09. The molecule has 0 aliphatic carbocycles. The van der Waals surface area contributed by atoms with Crippen molar-refractivity contribution in [2.45, 2.75) is 12.5 Å². The van der Waals surface area contributed by atoms with Crippen LogP contribution in [0.2, 0.25) is 0 Å². The van der Waals surface area contributed by atoms with Crippen LogP contribution in [-0.2, 0) is 10.3 Å². The van der Waals surface area contributed by atoms with E-state index < -0.39 is 11.5 Å². The molecule has 14 heavy (non-hydrogen) atoms. The zero-order valence-corrected chi connectivity index (χ0v) is 9.08. The van der Waals surface area contributed by atoms with Crippen molar-refractivity contribution >= 4 is 21.9 Å². The van der Waals surface area contributed by atoms with Crippen molar-refractivity contribution in [1.82, 2.24) is 0 Å². The summed E-state index contributed by atoms with van der Waals surface area (Å²) in [6.45, 7) is 1.37. The lowest BCUT2D eigenvalue weighted by molar-refractivity contribution is -0.143. The van der Waals surface area contributed by atoms with Gasteiger partial charge in [-0.1, -0.05) is 12.1 Å². The average molecular weight is 260 g/mol. The predicted octanol–water partition coefficient (Wildman–Crippen LogP) is 1.41. The van der Waals surface area contributed by atoms with E-state index in [0.29, 0.717) is 10.0 Å². The monoisotopic (exact) mass is 259 g/mol. The van der Waals surface area contributed by atoms with Crippen LogP contribution in [0.5, 0.6) is 5.75 Å². The van der Waals surface area contributed by atoms with Crippen molar-refractivity contribution < 1.29 is 15.0 Å². The van der Waals surface area contributed by atoms with Gasteiger partial charge in [0, 0.05) is 5.56 Å². The van der Waals surface area contributed by atoms with Gasteiger partial charge in [0.1, 0.15) is 11.3 Å². The molecule has 1 rings (SSSR count). The third-order valence-corrected chi connectivity index (χ3v) is 2.82. The van der Waals surface area contributed by atoms with Crippen molar-refractivity contribution in [3.8, 4) is 5.75 Å². The lowest BCUT2D eigenvalue weighted by Gasteiger charge is -2.21. The molecule has 0 heterocycles. The summed E-state index contributed by atoms with van der Waals surface area (Å²) in [5.41, 5.74) is 4.43. The highest BCUT2D eigenvalue weighted by molar-refractivity contribution is 9.10. The summed E-state index contributed by atoms with van der Waals surface area (Å²) >= 11 is 3.09. The molecule has 0 bridgehead atoms. The van der Waals surface area contributed by atoms with Crippen LogP contribution in [0.15, 0.2) is 22.7 Å². The smallest absolute Gasteiger partial charge is 0.328 e. The number of rotatable bonds is 2. The number of phenols is 1. The molecule has 4 N–H and O–H groups in total. The minimum atomic E-state index is -1.52. The highest BCUT2D eigenvalue weighted by atomic mass is 79.9. The third kappa shape index (κ3) is 1.73. The first kappa shape index (κ1) is 11.0. The van der Waals surface area contributed by atoms with Gasteiger partial charge in [-0.3, -0.25) is 0 Å². The fourth-order valence-electron chi connectivity index (χ4n) is 1.04. The molecule has 76 valence electrons. The summed E-state index contributed by atoms with van der Waals surface area (Å²) in [7, 11) is 0. The maximum Gasteiger partial charge on any atom is 0.328 e. The number of aliphatic carboxylic acids is 1. The molecule has 1 unspecified atom stereocenters. The first-order chi connectivity index (χ1) is 6.37. The van der Waals surface area contributed by atoms with Crippen LogP contribution in [0.3, 0.4) is 0 Å². The number of halogens is 1. The summed E-state index contributed by atoms with van der Waals surface area (Å²) in [4.78, 5) is 10.9. The molecular weight excluding hydrogens is 250 g/mol. The third-order valence-electron chi connectivity index (χ3n) is 1.98. The van der Waals surface area contributed by atoms with Crippen molar-refractivity contribution in [1.29, 1.82) is 0 Å². The Bertz CT molecular complexity index is 376. The lowest BCUT2D eigenvalue weighted by Crippen LogP contribution is -2.41. The molecule has 0 spiro atoms. The van der Waals surface area contributed by atoms with E-state index in [9.17, 15) is 9.90 Å². The molecule has 5 heteroatoms. The van der Waals surface area contributed by atoms with E-state index in [1.807, 2.05) is 0 Å². The Morgan fingerprint density at radius 1 is 1.57 bits per heavy atom. The molecule has 0 saturated carbocycles. The second-order valence-electron chi connectivity index (χ2n) is 3.15. The second-order valence-corrected chi connectivity index (χ2v) is 3.94. The number of carboxylic acids is 1. The van der Waals surface area contributed by atoms with Gasteiger partial charge >= 0.3 is 5.97 Å². The number of nitrogens with two attached hydrogens (primary N) is 1. The van der Waals surface area contributed by atoms with E-state index >= 15 is 0 Å². The van der Waals surface area contributed by atoms with Gasteiger partial charge in [0.25, 0.3) is 0 Å². The summed E-state index contributed by atoms with van der Waals surface area (Å²) in [5.74, 6) is -1.18. The van der Waals surface area contributed by atoms with Crippen molar-refractivity contribution in [2.24, 2.45) is 5.73 Å². The Morgan fingerprint density at radius 3 is 2.64 bits per heavy atom. The molecule has 1 atom stereocenters. The Morgan fingerprint density at radius 2 is 2.14 bits per heavy atom. The number of carboxylic acid groups (broad SMARTS) is 1. The van der Waals surface area contributed by atoms with Crippen LogP contribution < -0.4 is 5.73 Å². The topological polar surface area (TPSA) is 83.6 Å². The predicted molar refractivity (Wildman–Crippen MR) is 55.0 cm³/mol. The summed E-state index contributed by atoms with van der Waals surface area (Å²) in [6, 6.07) is 4.55. The molecule has 0 aliphatic rings. The first-order valence-corrected chi connectivity index (χ1v) is 4.67. The molecule has 1 aromatic carbocycles. The van der Waals surface area contributed by atoms with E-state index in [2.05, 4.69) is 15.9 Å². The molecule has 1 aromatic rings. The van der Waals surface area contributed by atoms with Crippen LogP contribution in [0.1, 0.15) is 12.5 Å². The first-order valence-electron chi connectivity index (χ1n) is 3.87. The van der Waals surface area contributed by atoms with E-state index in [0.717, 1.165) is 0 Å². The molecule has 0 aromatic heterocycles. The number of hydrogen-bond acceptors (Lipinski definition) is 3. The number of benzene rings is 1. The van der Waals surface area contributed by atoms with Gasteiger partial charge in [-0.15, -0.1) is 0 Å². The fourth-order valence-corrected chi connectivity index (χ4v) is 1.71. The van der Waals surface area contributed by atoms with Gasteiger partial charge < -0.3 is 15.9 Å². The zero-order valence-electron chi connectivity index (χ0n) is 7.49. The highest BCUT2D eigenvalue weighted by Crippen LogP contribution is 2.33. The molecule has 0 fully saturated rings. The molecule has 0 aliphatic heterocycles. The van der Waals surface area contributed by atoms with Crippen molar-refractivity contribution in [3.05, 3.63) is 28.2 Å². The van der Waals surface area contributed by atoms with E-state index in [-0.39, 0.29) is 5.75 Å². The SMILES string of the molecule is CC(N)(C(=O)O)c1cccc(O)c1Br. The van der Waals surface area contributed by atoms with Crippen molar-refractivity contribution in [2.75, 3.05) is 0 Å². The number of hydrogen-bond donors (Lipinski definition) is 3. The van der Waals surface area contributed by atoms with Crippen LogP contribution in [0, 0.1) is 0 Å². The van der Waals surface area contributed by atoms with Gasteiger partial charge in [-0.25, -0.2) is 4.79 Å². The quantitative estimate of drug-likeness (QED) is 0.750. The summed E-state index contributed by atoms with van der Waals surface area (Å²) < 4.78 is 0.312. The van der Waals surface area contributed by atoms with Gasteiger partial charge in [0.2, 0.25) is 0 Å². The van der Waals surface area contributed by atoms with Crippen molar-refractivity contribution in [3.63, 3.8) is 0 Å². The Balaban J connectivity index is 3.33. The second kappa shape index (κ2) is 3.59.